The number of nitrogens with one attached hydrogen (secondary N) is 1. The normalized spacial score (nSPS) is 17.7. The van der Waals surface area contributed by atoms with E-state index in [1.54, 1.807) is 19.2 Å². The highest BCUT2D eigenvalue weighted by Crippen LogP contribution is 2.25. The Morgan fingerprint density at radius 1 is 1.48 bits per heavy atom. The number of piperidine rings is 1. The molecular weight excluding hydrogens is 323 g/mol. The fraction of sp³-hybridized carbons (Fsp3) is 0.500. The number of amides is 1. The Labute approximate surface area is 146 Å². The molecule has 1 fully saturated rings. The first kappa shape index (κ1) is 17.5. The minimum Gasteiger partial charge on any atom is -0.384 e. The van der Waals surface area contributed by atoms with Crippen LogP contribution in [0.3, 0.4) is 0 Å². The number of halogens is 1. The van der Waals surface area contributed by atoms with Crippen LogP contribution in [-0.4, -0.2) is 52.8 Å². The first-order valence-electron chi connectivity index (χ1n) is 8.58. The SMILES string of the molecule is COCCc1nc(C2CCCN(C(=O)Cc3cccc(F)c3)C2)n[nH]1. The second kappa shape index (κ2) is 8.20. The number of hydrogen-bond acceptors (Lipinski definition) is 4. The van der Waals surface area contributed by atoms with Gasteiger partial charge >= 0.3 is 0 Å². The van der Waals surface area contributed by atoms with Gasteiger partial charge in [0.2, 0.25) is 5.91 Å². The highest BCUT2D eigenvalue weighted by Gasteiger charge is 2.27. The van der Waals surface area contributed by atoms with Crippen LogP contribution in [-0.2, 0) is 22.4 Å². The number of H-pyrrole nitrogens is 1. The van der Waals surface area contributed by atoms with Crippen LogP contribution in [0.5, 0.6) is 0 Å². The number of ether oxygens (including phenoxy) is 1. The number of nitrogens with zero attached hydrogens (tertiary/aromatic N) is 3. The second-order valence-electron chi connectivity index (χ2n) is 6.37. The molecule has 0 saturated carbocycles. The molecule has 1 aromatic heterocycles. The van der Waals surface area contributed by atoms with Crippen molar-refractivity contribution < 1.29 is 13.9 Å². The number of carbonyl (C=O) groups is 1. The third-order valence-corrected chi connectivity index (χ3v) is 4.48. The lowest BCUT2D eigenvalue weighted by molar-refractivity contribution is -0.131. The van der Waals surface area contributed by atoms with Gasteiger partial charge in [-0.05, 0) is 30.5 Å². The molecule has 0 spiro atoms. The summed E-state index contributed by atoms with van der Waals surface area (Å²) in [6, 6.07) is 6.21. The number of benzene rings is 1. The van der Waals surface area contributed by atoms with Gasteiger partial charge in [-0.25, -0.2) is 9.37 Å². The molecule has 0 radical (unpaired) electrons. The number of carbonyl (C=O) groups excluding carboxylic acids is 1. The van der Waals surface area contributed by atoms with Gasteiger partial charge < -0.3 is 9.64 Å². The van der Waals surface area contributed by atoms with Crippen molar-refractivity contribution in [2.45, 2.75) is 31.6 Å². The zero-order valence-corrected chi connectivity index (χ0v) is 14.4. The minimum absolute atomic E-state index is 0.0189. The molecule has 6 nitrogen and oxygen atoms in total. The quantitative estimate of drug-likeness (QED) is 0.869. The molecule has 1 atom stereocenters. The van der Waals surface area contributed by atoms with Crippen molar-refractivity contribution in [3.8, 4) is 0 Å². The Morgan fingerprint density at radius 3 is 3.16 bits per heavy atom. The largest absolute Gasteiger partial charge is 0.384 e. The molecule has 25 heavy (non-hydrogen) atoms. The van der Waals surface area contributed by atoms with Crippen LogP contribution < -0.4 is 0 Å². The standard InChI is InChI=1S/C18H23FN4O2/c1-25-9-7-16-20-18(22-21-16)14-5-3-8-23(12-14)17(24)11-13-4-2-6-15(19)10-13/h2,4,6,10,14H,3,5,7-9,11-12H2,1H3,(H,20,21,22). The predicted octanol–water partition coefficient (Wildman–Crippen LogP) is 2.08. The zero-order chi connectivity index (χ0) is 17.6. The van der Waals surface area contributed by atoms with Crippen LogP contribution in [0.2, 0.25) is 0 Å². The van der Waals surface area contributed by atoms with Gasteiger partial charge in [0.05, 0.1) is 13.0 Å². The van der Waals surface area contributed by atoms with E-state index >= 15 is 0 Å². The van der Waals surface area contributed by atoms with Crippen molar-refractivity contribution in [1.82, 2.24) is 20.1 Å². The van der Waals surface area contributed by atoms with Gasteiger partial charge in [0, 0.05) is 32.5 Å². The Kier molecular flexibility index (Phi) is 5.75. The van der Waals surface area contributed by atoms with Crippen molar-refractivity contribution in [2.24, 2.45) is 0 Å². The Morgan fingerprint density at radius 2 is 2.36 bits per heavy atom. The first-order chi connectivity index (χ1) is 12.2. The van der Waals surface area contributed by atoms with Crippen molar-refractivity contribution in [3.05, 3.63) is 47.3 Å². The van der Waals surface area contributed by atoms with E-state index in [2.05, 4.69) is 15.2 Å². The summed E-state index contributed by atoms with van der Waals surface area (Å²) in [6.45, 7) is 1.93. The number of aromatic amines is 1. The van der Waals surface area contributed by atoms with Crippen molar-refractivity contribution in [2.75, 3.05) is 26.8 Å². The van der Waals surface area contributed by atoms with Crippen LogP contribution in [0.1, 0.15) is 36.0 Å². The first-order valence-corrected chi connectivity index (χ1v) is 8.58. The van der Waals surface area contributed by atoms with Gasteiger partial charge in [-0.2, -0.15) is 5.10 Å². The maximum Gasteiger partial charge on any atom is 0.227 e. The summed E-state index contributed by atoms with van der Waals surface area (Å²) in [5, 5.41) is 7.24. The fourth-order valence-electron chi connectivity index (χ4n) is 3.15. The smallest absolute Gasteiger partial charge is 0.227 e. The maximum atomic E-state index is 13.3. The van der Waals surface area contributed by atoms with Gasteiger partial charge in [0.25, 0.3) is 0 Å². The van der Waals surface area contributed by atoms with E-state index in [-0.39, 0.29) is 24.1 Å². The Bertz CT molecular complexity index is 719. The molecule has 1 unspecified atom stereocenters. The number of likely N-dealkylation sites (tertiary alicyclic amines) is 1. The number of aromatic nitrogens is 3. The molecule has 1 saturated heterocycles. The van der Waals surface area contributed by atoms with Gasteiger partial charge in [-0.1, -0.05) is 12.1 Å². The summed E-state index contributed by atoms with van der Waals surface area (Å²) < 4.78 is 18.3. The summed E-state index contributed by atoms with van der Waals surface area (Å²) in [7, 11) is 1.65. The van der Waals surface area contributed by atoms with Gasteiger partial charge in [0.15, 0.2) is 5.82 Å². The highest BCUT2D eigenvalue weighted by molar-refractivity contribution is 5.79. The lowest BCUT2D eigenvalue weighted by Gasteiger charge is -2.31. The predicted molar refractivity (Wildman–Crippen MR) is 90.6 cm³/mol. The van der Waals surface area contributed by atoms with Crippen LogP contribution in [0.4, 0.5) is 4.39 Å². The number of rotatable bonds is 6. The van der Waals surface area contributed by atoms with Crippen LogP contribution >= 0.6 is 0 Å². The topological polar surface area (TPSA) is 71.1 Å². The lowest BCUT2D eigenvalue weighted by Crippen LogP contribution is -2.40. The van der Waals surface area contributed by atoms with Crippen molar-refractivity contribution >= 4 is 5.91 Å². The van der Waals surface area contributed by atoms with E-state index in [4.69, 9.17) is 4.74 Å². The molecule has 1 aliphatic rings. The third kappa shape index (κ3) is 4.63. The van der Waals surface area contributed by atoms with E-state index < -0.39 is 0 Å². The molecule has 2 heterocycles. The van der Waals surface area contributed by atoms with E-state index in [1.807, 2.05) is 4.90 Å². The molecule has 0 bridgehead atoms. The summed E-state index contributed by atoms with van der Waals surface area (Å²) >= 11 is 0. The van der Waals surface area contributed by atoms with Crippen LogP contribution in [0.15, 0.2) is 24.3 Å². The summed E-state index contributed by atoms with van der Waals surface area (Å²) in [6.07, 6.45) is 2.79. The number of hydrogen-bond donors (Lipinski definition) is 1. The molecule has 7 heteroatoms. The maximum absolute atomic E-state index is 13.3. The van der Waals surface area contributed by atoms with Crippen LogP contribution in [0.25, 0.3) is 0 Å². The third-order valence-electron chi connectivity index (χ3n) is 4.48. The fourth-order valence-corrected chi connectivity index (χ4v) is 3.15. The second-order valence-corrected chi connectivity index (χ2v) is 6.37. The van der Waals surface area contributed by atoms with Crippen LogP contribution in [0, 0.1) is 5.82 Å². The van der Waals surface area contributed by atoms with E-state index in [9.17, 15) is 9.18 Å². The van der Waals surface area contributed by atoms with E-state index in [0.29, 0.717) is 25.1 Å². The molecule has 0 aliphatic carbocycles. The Balaban J connectivity index is 1.60. The summed E-state index contributed by atoms with van der Waals surface area (Å²) in [5.41, 5.74) is 0.701. The molecule has 1 N–H and O–H groups in total. The van der Waals surface area contributed by atoms with Gasteiger partial charge in [-0.3, -0.25) is 9.89 Å². The molecule has 1 aliphatic heterocycles. The molecule has 1 amide bonds. The zero-order valence-electron chi connectivity index (χ0n) is 14.4. The minimum atomic E-state index is -0.314. The molecule has 3 rings (SSSR count). The van der Waals surface area contributed by atoms with E-state index in [1.165, 1.54) is 12.1 Å². The molecule has 2 aromatic rings. The highest BCUT2D eigenvalue weighted by atomic mass is 19.1. The molecule has 134 valence electrons. The Hall–Kier alpha value is -2.28. The van der Waals surface area contributed by atoms with Gasteiger partial charge in [-0.15, -0.1) is 0 Å². The molecule has 1 aromatic carbocycles. The average molecular weight is 346 g/mol. The average Bonchev–Trinajstić information content (AvgIpc) is 3.09. The number of methoxy groups -OCH3 is 1. The van der Waals surface area contributed by atoms with Gasteiger partial charge in [0.1, 0.15) is 11.6 Å². The summed E-state index contributed by atoms with van der Waals surface area (Å²) in [4.78, 5) is 18.9. The van der Waals surface area contributed by atoms with Crippen molar-refractivity contribution in [1.29, 1.82) is 0 Å². The lowest BCUT2D eigenvalue weighted by atomic mass is 9.96. The monoisotopic (exact) mass is 346 g/mol. The molecular formula is C18H23FN4O2. The van der Waals surface area contributed by atoms with E-state index in [0.717, 1.165) is 31.0 Å². The van der Waals surface area contributed by atoms with Crippen molar-refractivity contribution in [3.63, 3.8) is 0 Å². The summed E-state index contributed by atoms with van der Waals surface area (Å²) in [5.74, 6) is 1.41.